The maximum Gasteiger partial charge on any atom is 0.256 e. The van der Waals surface area contributed by atoms with Gasteiger partial charge >= 0.3 is 0 Å². The average Bonchev–Trinajstić information content (AvgIpc) is 3.46. The number of piperidine rings is 1. The lowest BCUT2D eigenvalue weighted by Crippen LogP contribution is -2.42. The Bertz CT molecular complexity index is 1030. The van der Waals surface area contributed by atoms with Gasteiger partial charge in [-0.3, -0.25) is 9.69 Å². The Hall–Kier alpha value is -3.12. The number of benzene rings is 2. The van der Waals surface area contributed by atoms with Gasteiger partial charge in [0.15, 0.2) is 0 Å². The Morgan fingerprint density at radius 3 is 2.29 bits per heavy atom. The van der Waals surface area contributed by atoms with Crippen molar-refractivity contribution in [3.8, 4) is 5.75 Å². The van der Waals surface area contributed by atoms with E-state index < -0.39 is 0 Å². The number of aromatic nitrogens is 2. The molecule has 3 aromatic rings. The predicted octanol–water partition coefficient (Wildman–Crippen LogP) is 3.95. The highest BCUT2D eigenvalue weighted by Crippen LogP contribution is 2.31. The van der Waals surface area contributed by atoms with Crippen LogP contribution in [-0.4, -0.2) is 46.8 Å². The summed E-state index contributed by atoms with van der Waals surface area (Å²) in [7, 11) is 1.62. The van der Waals surface area contributed by atoms with Crippen molar-refractivity contribution in [1.29, 1.82) is 0 Å². The predicted molar refractivity (Wildman–Crippen MR) is 121 cm³/mol. The number of methoxy groups -OCH3 is 1. The molecule has 1 aromatic heterocycles. The molecule has 6 heteroatoms. The molecule has 0 atom stereocenters. The lowest BCUT2D eigenvalue weighted by molar-refractivity contribution is 0.102. The highest BCUT2D eigenvalue weighted by molar-refractivity contribution is 6.03. The molecule has 6 nitrogen and oxygen atoms in total. The van der Waals surface area contributed by atoms with Crippen molar-refractivity contribution in [2.24, 2.45) is 0 Å². The van der Waals surface area contributed by atoms with Gasteiger partial charge in [-0.2, -0.15) is 5.10 Å². The number of amides is 1. The first-order valence-corrected chi connectivity index (χ1v) is 11.0. The largest absolute Gasteiger partial charge is 0.497 e. The summed E-state index contributed by atoms with van der Waals surface area (Å²) >= 11 is 0. The minimum atomic E-state index is -0.134. The third-order valence-electron chi connectivity index (χ3n) is 6.65. The van der Waals surface area contributed by atoms with Crippen LogP contribution in [0.15, 0.2) is 60.8 Å². The Morgan fingerprint density at radius 1 is 0.968 bits per heavy atom. The number of anilines is 1. The summed E-state index contributed by atoms with van der Waals surface area (Å²) in [4.78, 5) is 15.3. The first kappa shape index (κ1) is 19.8. The summed E-state index contributed by atoms with van der Waals surface area (Å²) in [5.74, 6) is 1.36. The van der Waals surface area contributed by atoms with Gasteiger partial charge in [-0.25, -0.2) is 4.68 Å². The average molecular weight is 417 g/mol. The van der Waals surface area contributed by atoms with E-state index in [2.05, 4.69) is 39.6 Å². The topological polar surface area (TPSA) is 59.4 Å². The second-order valence-electron chi connectivity index (χ2n) is 8.44. The van der Waals surface area contributed by atoms with Crippen LogP contribution in [0.5, 0.6) is 5.75 Å². The first-order chi connectivity index (χ1) is 15.2. The normalized spacial score (nSPS) is 17.5. The SMILES string of the molecule is COc1ccc(C(=O)Nc2ccnn2C2CCN(C3Cc4ccccc4C3)CC2)cc1. The van der Waals surface area contributed by atoms with E-state index in [1.54, 1.807) is 37.6 Å². The molecule has 1 aliphatic carbocycles. The van der Waals surface area contributed by atoms with Gasteiger partial charge in [-0.1, -0.05) is 24.3 Å². The molecule has 0 spiro atoms. The zero-order valence-corrected chi connectivity index (χ0v) is 17.8. The Labute approximate surface area is 182 Å². The van der Waals surface area contributed by atoms with E-state index in [0.717, 1.165) is 50.3 Å². The molecule has 5 rings (SSSR count). The molecule has 160 valence electrons. The fourth-order valence-corrected chi connectivity index (χ4v) is 4.92. The highest BCUT2D eigenvalue weighted by atomic mass is 16.5. The van der Waals surface area contributed by atoms with Crippen LogP contribution in [-0.2, 0) is 12.8 Å². The fraction of sp³-hybridized carbons (Fsp3) is 0.360. The standard InChI is InChI=1S/C25H28N4O2/c1-31-23-8-6-18(7-9-23)25(30)27-24-10-13-26-29(24)21-11-14-28(15-12-21)22-16-19-4-2-3-5-20(19)17-22/h2-10,13,21-22H,11-12,14-17H2,1H3,(H,27,30). The van der Waals surface area contributed by atoms with Crippen LogP contribution in [0.1, 0.15) is 40.4 Å². The van der Waals surface area contributed by atoms with Crippen LogP contribution in [0.3, 0.4) is 0 Å². The molecule has 1 N–H and O–H groups in total. The lowest BCUT2D eigenvalue weighted by atomic mass is 10.0. The molecule has 2 aliphatic rings. The van der Waals surface area contributed by atoms with Crippen molar-refractivity contribution in [3.63, 3.8) is 0 Å². The molecule has 1 fully saturated rings. The van der Waals surface area contributed by atoms with E-state index in [0.29, 0.717) is 17.6 Å². The minimum Gasteiger partial charge on any atom is -0.497 e. The molecule has 1 saturated heterocycles. The molecular weight excluding hydrogens is 388 g/mol. The number of rotatable bonds is 5. The fourth-order valence-electron chi connectivity index (χ4n) is 4.92. The molecule has 0 saturated carbocycles. The van der Waals surface area contributed by atoms with Crippen molar-refractivity contribution in [2.45, 2.75) is 37.8 Å². The number of fused-ring (bicyclic) bond motifs is 1. The van der Waals surface area contributed by atoms with Gasteiger partial charge in [0.25, 0.3) is 5.91 Å². The Kier molecular flexibility index (Phi) is 5.47. The van der Waals surface area contributed by atoms with Gasteiger partial charge in [-0.05, 0) is 61.1 Å². The van der Waals surface area contributed by atoms with Crippen molar-refractivity contribution in [2.75, 3.05) is 25.5 Å². The monoisotopic (exact) mass is 416 g/mol. The van der Waals surface area contributed by atoms with E-state index in [4.69, 9.17) is 4.74 Å². The quantitative estimate of drug-likeness (QED) is 0.684. The van der Waals surface area contributed by atoms with E-state index >= 15 is 0 Å². The number of nitrogens with one attached hydrogen (secondary N) is 1. The van der Waals surface area contributed by atoms with Gasteiger partial charge in [0, 0.05) is 30.8 Å². The van der Waals surface area contributed by atoms with Crippen molar-refractivity contribution in [3.05, 3.63) is 77.5 Å². The lowest BCUT2D eigenvalue weighted by Gasteiger charge is -2.36. The van der Waals surface area contributed by atoms with Gasteiger partial charge < -0.3 is 10.1 Å². The molecule has 0 radical (unpaired) electrons. The molecule has 1 aliphatic heterocycles. The zero-order chi connectivity index (χ0) is 21.2. The maximum atomic E-state index is 12.7. The third-order valence-corrected chi connectivity index (χ3v) is 6.65. The molecular formula is C25H28N4O2. The van der Waals surface area contributed by atoms with Crippen LogP contribution in [0.25, 0.3) is 0 Å². The van der Waals surface area contributed by atoms with Crippen LogP contribution < -0.4 is 10.1 Å². The van der Waals surface area contributed by atoms with E-state index in [1.165, 1.54) is 11.1 Å². The first-order valence-electron chi connectivity index (χ1n) is 11.0. The molecule has 0 unspecified atom stereocenters. The van der Waals surface area contributed by atoms with Gasteiger partial charge in [0.05, 0.1) is 19.3 Å². The van der Waals surface area contributed by atoms with Gasteiger partial charge in [-0.15, -0.1) is 0 Å². The van der Waals surface area contributed by atoms with Crippen molar-refractivity contribution < 1.29 is 9.53 Å². The Morgan fingerprint density at radius 2 is 1.65 bits per heavy atom. The smallest absolute Gasteiger partial charge is 0.256 e. The molecule has 1 amide bonds. The Balaban J connectivity index is 1.20. The summed E-state index contributed by atoms with van der Waals surface area (Å²) in [6.45, 7) is 2.13. The molecule has 31 heavy (non-hydrogen) atoms. The van der Waals surface area contributed by atoms with Crippen molar-refractivity contribution in [1.82, 2.24) is 14.7 Å². The number of hydrogen-bond donors (Lipinski definition) is 1. The summed E-state index contributed by atoms with van der Waals surface area (Å²) in [5.41, 5.74) is 3.61. The molecule has 0 bridgehead atoms. The molecule has 2 heterocycles. The van der Waals surface area contributed by atoms with E-state index in [9.17, 15) is 4.79 Å². The highest BCUT2D eigenvalue weighted by Gasteiger charge is 2.31. The van der Waals surface area contributed by atoms with Gasteiger partial charge in [0.2, 0.25) is 0 Å². The van der Waals surface area contributed by atoms with Crippen molar-refractivity contribution >= 4 is 11.7 Å². The number of likely N-dealkylation sites (tertiary alicyclic amines) is 1. The van der Waals surface area contributed by atoms with E-state index in [1.807, 2.05) is 10.7 Å². The maximum absolute atomic E-state index is 12.7. The second-order valence-corrected chi connectivity index (χ2v) is 8.44. The van der Waals surface area contributed by atoms with Crippen LogP contribution >= 0.6 is 0 Å². The molecule has 2 aromatic carbocycles. The minimum absolute atomic E-state index is 0.134. The number of hydrogen-bond acceptors (Lipinski definition) is 4. The second kappa shape index (κ2) is 8.55. The summed E-state index contributed by atoms with van der Waals surface area (Å²) < 4.78 is 7.16. The van der Waals surface area contributed by atoms with Crippen LogP contribution in [0.4, 0.5) is 5.82 Å². The zero-order valence-electron chi connectivity index (χ0n) is 17.8. The van der Waals surface area contributed by atoms with Gasteiger partial charge in [0.1, 0.15) is 11.6 Å². The number of ether oxygens (including phenoxy) is 1. The third kappa shape index (κ3) is 4.08. The van der Waals surface area contributed by atoms with Crippen LogP contribution in [0.2, 0.25) is 0 Å². The summed E-state index contributed by atoms with van der Waals surface area (Å²) in [5, 5.41) is 7.56. The number of nitrogens with zero attached hydrogens (tertiary/aromatic N) is 3. The summed E-state index contributed by atoms with van der Waals surface area (Å²) in [6, 6.07) is 18.8. The number of carbonyl (C=O) groups excluding carboxylic acids is 1. The van der Waals surface area contributed by atoms with Crippen LogP contribution in [0, 0.1) is 0 Å². The number of carbonyl (C=O) groups is 1. The van der Waals surface area contributed by atoms with E-state index in [-0.39, 0.29) is 5.91 Å². The summed E-state index contributed by atoms with van der Waals surface area (Å²) in [6.07, 6.45) is 6.17.